The van der Waals surface area contributed by atoms with Crippen LogP contribution in [0, 0.1) is 13.8 Å². The van der Waals surface area contributed by atoms with Gasteiger partial charge in [0.05, 0.1) is 0 Å². The molecule has 0 aliphatic rings. The quantitative estimate of drug-likeness (QED) is 0.498. The summed E-state index contributed by atoms with van der Waals surface area (Å²) in [5, 5.41) is 4.20. The molecule has 0 amide bonds. The van der Waals surface area contributed by atoms with E-state index in [1.54, 1.807) is 6.21 Å². The molecule has 0 aliphatic carbocycles. The molecule has 22 heavy (non-hydrogen) atoms. The Balaban J connectivity index is 2.06. The van der Waals surface area contributed by atoms with Crippen molar-refractivity contribution in [1.29, 1.82) is 0 Å². The maximum atomic E-state index is 4.40. The molecule has 0 saturated carbocycles. The highest BCUT2D eigenvalue weighted by Crippen LogP contribution is 2.17. The molecule has 1 aromatic carbocycles. The van der Waals surface area contributed by atoms with Crippen molar-refractivity contribution in [3.8, 4) is 0 Å². The summed E-state index contributed by atoms with van der Waals surface area (Å²) in [4.78, 5) is 8.77. The predicted molar refractivity (Wildman–Crippen MR) is 93.0 cm³/mol. The number of nitrogens with one attached hydrogen (secondary N) is 1. The van der Waals surface area contributed by atoms with Crippen LogP contribution in [-0.4, -0.2) is 16.2 Å². The van der Waals surface area contributed by atoms with Crippen LogP contribution >= 0.6 is 0 Å². The molecular weight excluding hydrogens is 272 g/mol. The second-order valence-corrected chi connectivity index (χ2v) is 4.84. The highest BCUT2D eigenvalue weighted by Gasteiger charge is 2.07. The van der Waals surface area contributed by atoms with E-state index in [-0.39, 0.29) is 0 Å². The monoisotopic (exact) mass is 292 g/mol. The van der Waals surface area contributed by atoms with Crippen LogP contribution in [0.2, 0.25) is 0 Å². The fraction of sp³-hybridized carbons (Fsp3) is 0.167. The molecule has 0 atom stereocenters. The molecule has 0 spiro atoms. The van der Waals surface area contributed by atoms with Gasteiger partial charge in [-0.05, 0) is 31.9 Å². The average Bonchev–Trinajstić information content (AvgIpc) is 2.51. The first kappa shape index (κ1) is 15.6. The molecular formula is C18H20N4. The lowest BCUT2D eigenvalue weighted by molar-refractivity contribution is 0.964. The van der Waals surface area contributed by atoms with Crippen molar-refractivity contribution >= 4 is 18.1 Å². The van der Waals surface area contributed by atoms with E-state index in [9.17, 15) is 0 Å². The summed E-state index contributed by atoms with van der Waals surface area (Å²) in [5.74, 6) is 1.46. The van der Waals surface area contributed by atoms with E-state index in [1.807, 2.05) is 62.4 Å². The molecule has 0 unspecified atom stereocenters. The van der Waals surface area contributed by atoms with Crippen LogP contribution in [-0.2, 0) is 6.42 Å². The molecule has 0 aliphatic heterocycles. The maximum absolute atomic E-state index is 4.40. The van der Waals surface area contributed by atoms with Crippen molar-refractivity contribution in [3.05, 3.63) is 71.7 Å². The predicted octanol–water partition coefficient (Wildman–Crippen LogP) is 3.93. The van der Waals surface area contributed by atoms with Gasteiger partial charge in [-0.3, -0.25) is 5.43 Å². The number of anilines is 1. The Hall–Kier alpha value is -2.75. The molecule has 0 bridgehead atoms. The Bertz CT molecular complexity index is 688. The van der Waals surface area contributed by atoms with Crippen LogP contribution in [0.15, 0.2) is 54.2 Å². The van der Waals surface area contributed by atoms with Gasteiger partial charge in [0, 0.05) is 17.5 Å². The summed E-state index contributed by atoms with van der Waals surface area (Å²) in [6, 6.07) is 10.1. The third kappa shape index (κ3) is 4.38. The van der Waals surface area contributed by atoms with E-state index < -0.39 is 0 Å². The fourth-order valence-corrected chi connectivity index (χ4v) is 2.08. The van der Waals surface area contributed by atoms with Crippen molar-refractivity contribution in [2.75, 3.05) is 5.43 Å². The van der Waals surface area contributed by atoms with Crippen LogP contribution in [0.5, 0.6) is 0 Å². The molecule has 112 valence electrons. The van der Waals surface area contributed by atoms with Crippen molar-refractivity contribution in [2.24, 2.45) is 5.10 Å². The zero-order chi connectivity index (χ0) is 15.8. The molecule has 1 aromatic heterocycles. The molecule has 1 N–H and O–H groups in total. The van der Waals surface area contributed by atoms with Gasteiger partial charge in [-0.1, -0.05) is 42.5 Å². The number of rotatable bonds is 6. The van der Waals surface area contributed by atoms with Gasteiger partial charge in [0.1, 0.15) is 5.82 Å². The second-order valence-electron chi connectivity index (χ2n) is 4.84. The summed E-state index contributed by atoms with van der Waals surface area (Å²) < 4.78 is 0. The van der Waals surface area contributed by atoms with E-state index in [0.29, 0.717) is 6.42 Å². The molecule has 2 rings (SSSR count). The minimum Gasteiger partial charge on any atom is -0.261 e. The van der Waals surface area contributed by atoms with Gasteiger partial charge >= 0.3 is 0 Å². The van der Waals surface area contributed by atoms with E-state index in [0.717, 1.165) is 28.5 Å². The van der Waals surface area contributed by atoms with Crippen LogP contribution in [0.3, 0.4) is 0 Å². The van der Waals surface area contributed by atoms with E-state index in [2.05, 4.69) is 27.1 Å². The number of hydrogen-bond donors (Lipinski definition) is 1. The van der Waals surface area contributed by atoms with Crippen molar-refractivity contribution in [2.45, 2.75) is 20.3 Å². The molecule has 1 heterocycles. The topological polar surface area (TPSA) is 50.2 Å². The smallest absolute Gasteiger partial charge is 0.153 e. The van der Waals surface area contributed by atoms with Gasteiger partial charge in [0.25, 0.3) is 0 Å². The normalized spacial score (nSPS) is 11.2. The Morgan fingerprint density at radius 2 is 1.95 bits per heavy atom. The Labute approximate surface area is 131 Å². The fourth-order valence-electron chi connectivity index (χ4n) is 2.08. The minimum atomic E-state index is 0.712. The SMILES string of the molecule is C=CCc1c(C)nc(C)nc1NN=CC=Cc1ccccc1. The van der Waals surface area contributed by atoms with Gasteiger partial charge in [0.2, 0.25) is 0 Å². The summed E-state index contributed by atoms with van der Waals surface area (Å²) in [6.45, 7) is 7.61. The summed E-state index contributed by atoms with van der Waals surface area (Å²) in [5.41, 5.74) is 6.09. The Morgan fingerprint density at radius 3 is 2.68 bits per heavy atom. The lowest BCUT2D eigenvalue weighted by atomic mass is 10.1. The lowest BCUT2D eigenvalue weighted by Gasteiger charge is -2.09. The Kier molecular flexibility index (Phi) is 5.60. The van der Waals surface area contributed by atoms with Gasteiger partial charge < -0.3 is 0 Å². The number of nitrogens with zero attached hydrogens (tertiary/aromatic N) is 3. The van der Waals surface area contributed by atoms with Gasteiger partial charge in [-0.15, -0.1) is 6.58 Å². The zero-order valence-corrected chi connectivity index (χ0v) is 13.0. The molecule has 4 nitrogen and oxygen atoms in total. The number of allylic oxidation sites excluding steroid dienone is 2. The number of benzene rings is 1. The van der Waals surface area contributed by atoms with E-state index in [4.69, 9.17) is 0 Å². The third-order valence-corrected chi connectivity index (χ3v) is 3.09. The first-order valence-electron chi connectivity index (χ1n) is 7.16. The van der Waals surface area contributed by atoms with Crippen molar-refractivity contribution in [3.63, 3.8) is 0 Å². The summed E-state index contributed by atoms with van der Waals surface area (Å²) >= 11 is 0. The molecule has 0 radical (unpaired) electrons. The number of aromatic nitrogens is 2. The minimum absolute atomic E-state index is 0.712. The van der Waals surface area contributed by atoms with Crippen molar-refractivity contribution in [1.82, 2.24) is 9.97 Å². The number of hydrazone groups is 1. The van der Waals surface area contributed by atoms with Gasteiger partial charge in [-0.25, -0.2) is 9.97 Å². The molecule has 4 heteroatoms. The Morgan fingerprint density at radius 1 is 1.18 bits per heavy atom. The summed E-state index contributed by atoms with van der Waals surface area (Å²) in [6.07, 6.45) is 8.13. The van der Waals surface area contributed by atoms with E-state index >= 15 is 0 Å². The third-order valence-electron chi connectivity index (χ3n) is 3.09. The maximum Gasteiger partial charge on any atom is 0.153 e. The molecule has 2 aromatic rings. The standard InChI is InChI=1S/C18H20N4/c1-4-9-17-14(2)20-15(3)21-18(17)22-19-13-8-12-16-10-6-5-7-11-16/h4-8,10-13H,1,9H2,2-3H3,(H,20,21,22). The highest BCUT2D eigenvalue weighted by atomic mass is 15.3. The first-order valence-corrected chi connectivity index (χ1v) is 7.16. The molecule has 0 fully saturated rings. The second kappa shape index (κ2) is 7.88. The van der Waals surface area contributed by atoms with Crippen LogP contribution < -0.4 is 5.43 Å². The number of hydrogen-bond acceptors (Lipinski definition) is 4. The zero-order valence-electron chi connectivity index (χ0n) is 13.0. The van der Waals surface area contributed by atoms with Crippen molar-refractivity contribution < 1.29 is 0 Å². The van der Waals surface area contributed by atoms with Crippen LogP contribution in [0.4, 0.5) is 5.82 Å². The first-order chi connectivity index (χ1) is 10.7. The van der Waals surface area contributed by atoms with Gasteiger partial charge in [0.15, 0.2) is 5.82 Å². The number of aryl methyl sites for hydroxylation is 2. The average molecular weight is 292 g/mol. The largest absolute Gasteiger partial charge is 0.261 e. The van der Waals surface area contributed by atoms with Crippen LogP contribution in [0.1, 0.15) is 22.6 Å². The van der Waals surface area contributed by atoms with E-state index in [1.165, 1.54) is 0 Å². The molecule has 0 saturated heterocycles. The summed E-state index contributed by atoms with van der Waals surface area (Å²) in [7, 11) is 0. The highest BCUT2D eigenvalue weighted by molar-refractivity contribution is 5.78. The van der Waals surface area contributed by atoms with Gasteiger partial charge in [-0.2, -0.15) is 5.10 Å². The van der Waals surface area contributed by atoms with Crippen LogP contribution in [0.25, 0.3) is 6.08 Å². The lowest BCUT2D eigenvalue weighted by Crippen LogP contribution is -2.04.